The van der Waals surface area contributed by atoms with E-state index in [0.717, 1.165) is 0 Å². The van der Waals surface area contributed by atoms with Gasteiger partial charge in [0.25, 0.3) is 11.6 Å². The van der Waals surface area contributed by atoms with Gasteiger partial charge in [0.2, 0.25) is 0 Å². The lowest BCUT2D eigenvalue weighted by atomic mass is 10.1. The summed E-state index contributed by atoms with van der Waals surface area (Å²) in [5, 5.41) is 6.04. The highest BCUT2D eigenvalue weighted by Crippen LogP contribution is 2.18. The van der Waals surface area contributed by atoms with Crippen LogP contribution in [0.25, 0.3) is 0 Å². The van der Waals surface area contributed by atoms with E-state index in [4.69, 9.17) is 9.47 Å². The molecular weight excluding hydrogens is 452 g/mol. The minimum atomic E-state index is -1.44. The lowest BCUT2D eigenvalue weighted by Crippen LogP contribution is -2.27. The predicted molar refractivity (Wildman–Crippen MR) is 132 cm³/mol. The van der Waals surface area contributed by atoms with Crippen LogP contribution in [0, 0.1) is 0 Å². The van der Waals surface area contributed by atoms with Crippen molar-refractivity contribution in [1.82, 2.24) is 0 Å². The lowest BCUT2D eigenvalue weighted by molar-refractivity contribution is -0.152. The van der Waals surface area contributed by atoms with Crippen molar-refractivity contribution in [2.24, 2.45) is 0 Å². The topological polar surface area (TPSA) is 120 Å². The minimum absolute atomic E-state index is 0.0227. The molecule has 2 aromatic rings. The van der Waals surface area contributed by atoms with E-state index in [1.54, 1.807) is 36.4 Å². The Morgan fingerprint density at radius 2 is 1.03 bits per heavy atom. The van der Waals surface area contributed by atoms with Gasteiger partial charge in [-0.15, -0.1) is 0 Å². The van der Waals surface area contributed by atoms with Gasteiger partial charge in [-0.05, 0) is 52.0 Å². The number of para-hydroxylation sites is 2. The van der Waals surface area contributed by atoms with Gasteiger partial charge < -0.3 is 24.8 Å². The summed E-state index contributed by atoms with van der Waals surface area (Å²) in [6.07, 6.45) is 0.113. The van der Waals surface area contributed by atoms with E-state index >= 15 is 0 Å². The number of nitrogens with one attached hydrogen (secondary N) is 2. The van der Waals surface area contributed by atoms with Crippen LogP contribution in [0.15, 0.2) is 48.5 Å². The van der Waals surface area contributed by atoms with Gasteiger partial charge in [0.05, 0.1) is 36.5 Å². The Balaban J connectivity index is 2.02. The third kappa shape index (κ3) is 8.95. The molecule has 35 heavy (non-hydrogen) atoms. The van der Waals surface area contributed by atoms with Crippen molar-refractivity contribution in [2.75, 3.05) is 36.9 Å². The molecule has 0 fully saturated rings. The number of esters is 2. The van der Waals surface area contributed by atoms with Crippen LogP contribution < -0.4 is 10.6 Å². The Bertz CT molecular complexity index is 952. The van der Waals surface area contributed by atoms with Crippen molar-refractivity contribution in [2.45, 2.75) is 39.9 Å². The highest BCUT2D eigenvalue weighted by atomic mass is 16.6. The van der Waals surface area contributed by atoms with Crippen molar-refractivity contribution in [1.29, 1.82) is 0 Å². The van der Waals surface area contributed by atoms with Crippen LogP contribution in [-0.2, 0) is 23.8 Å². The molecule has 9 heteroatoms. The van der Waals surface area contributed by atoms with E-state index in [1.165, 1.54) is 12.1 Å². The average Bonchev–Trinajstić information content (AvgIpc) is 2.83. The maximum absolute atomic E-state index is 12.7. The maximum atomic E-state index is 12.7. The fourth-order valence-electron chi connectivity index (χ4n) is 3.03. The Morgan fingerprint density at radius 3 is 1.40 bits per heavy atom. The van der Waals surface area contributed by atoms with Crippen molar-refractivity contribution in [3.8, 4) is 0 Å². The standard InChI is InChI=1S/C26H32N2O7/c1-17(2)33-15-13-27-21-11-7-5-9-19(21)23(29)25(31)35-26(32)24(30)20-10-6-8-12-22(20)28-14-16-34-18(3)4/h5-12,17-18,27-28H,13-16H2,1-4H3. The van der Waals surface area contributed by atoms with Gasteiger partial charge in [-0.3, -0.25) is 9.59 Å². The quantitative estimate of drug-likeness (QED) is 0.136. The molecule has 0 saturated heterocycles. The SMILES string of the molecule is CC(C)OCCNc1ccccc1C(=O)C(=O)OC(=O)C(=O)c1ccccc1NCCOC(C)C. The molecule has 0 radical (unpaired) electrons. The largest absolute Gasteiger partial charge is 0.387 e. The zero-order valence-electron chi connectivity index (χ0n) is 20.5. The number of benzene rings is 2. The van der Waals surface area contributed by atoms with Crippen molar-refractivity contribution in [3.63, 3.8) is 0 Å². The first kappa shape index (κ1) is 27.7. The maximum Gasteiger partial charge on any atom is 0.387 e. The molecule has 9 nitrogen and oxygen atoms in total. The summed E-state index contributed by atoms with van der Waals surface area (Å²) in [6.45, 7) is 9.22. The van der Waals surface area contributed by atoms with Crippen LogP contribution in [0.1, 0.15) is 48.4 Å². The second-order valence-corrected chi connectivity index (χ2v) is 8.12. The molecule has 188 valence electrons. The Hall–Kier alpha value is -3.56. The number of ketones is 2. The second-order valence-electron chi connectivity index (χ2n) is 8.12. The van der Waals surface area contributed by atoms with Crippen LogP contribution in [0.4, 0.5) is 11.4 Å². The number of hydrogen-bond donors (Lipinski definition) is 2. The molecule has 0 aliphatic heterocycles. The molecule has 0 bridgehead atoms. The molecule has 2 aromatic carbocycles. The Labute approximate surface area is 205 Å². The molecule has 2 rings (SSSR count). The highest BCUT2D eigenvalue weighted by molar-refractivity contribution is 6.49. The number of anilines is 2. The summed E-state index contributed by atoms with van der Waals surface area (Å²) >= 11 is 0. The Kier molecular flexibility index (Phi) is 11.1. The van der Waals surface area contributed by atoms with E-state index in [0.29, 0.717) is 37.7 Å². The summed E-state index contributed by atoms with van der Waals surface area (Å²) in [6, 6.07) is 12.6. The van der Waals surface area contributed by atoms with Gasteiger partial charge in [-0.1, -0.05) is 24.3 Å². The number of carbonyl (C=O) groups excluding carboxylic acids is 4. The number of Topliss-reactive ketones (excluding diaryl/α,β-unsaturated/α-hetero) is 2. The number of hydrogen-bond acceptors (Lipinski definition) is 9. The fourth-order valence-corrected chi connectivity index (χ4v) is 3.03. The fraction of sp³-hybridized carbons (Fsp3) is 0.385. The van der Waals surface area contributed by atoms with E-state index in [9.17, 15) is 19.2 Å². The van der Waals surface area contributed by atoms with Crippen molar-refractivity contribution in [3.05, 3.63) is 59.7 Å². The number of rotatable bonds is 14. The van der Waals surface area contributed by atoms with Gasteiger partial charge in [0.1, 0.15) is 0 Å². The van der Waals surface area contributed by atoms with Gasteiger partial charge in [0, 0.05) is 24.5 Å². The molecule has 0 heterocycles. The average molecular weight is 485 g/mol. The smallest absolute Gasteiger partial charge is 0.382 e. The van der Waals surface area contributed by atoms with Crippen molar-refractivity contribution >= 4 is 34.9 Å². The molecule has 0 aliphatic carbocycles. The van der Waals surface area contributed by atoms with Crippen LogP contribution in [0.5, 0.6) is 0 Å². The van der Waals surface area contributed by atoms with Gasteiger partial charge in [0.15, 0.2) is 0 Å². The normalized spacial score (nSPS) is 10.8. The summed E-state index contributed by atoms with van der Waals surface area (Å²) in [5.41, 5.74) is 0.821. The van der Waals surface area contributed by atoms with Gasteiger partial charge >= 0.3 is 11.9 Å². The highest BCUT2D eigenvalue weighted by Gasteiger charge is 2.28. The number of carbonyl (C=O) groups is 4. The van der Waals surface area contributed by atoms with Gasteiger partial charge in [-0.2, -0.15) is 0 Å². The summed E-state index contributed by atoms with van der Waals surface area (Å²) in [5.74, 6) is -4.97. The van der Waals surface area contributed by atoms with E-state index in [-0.39, 0.29) is 23.3 Å². The monoisotopic (exact) mass is 484 g/mol. The van der Waals surface area contributed by atoms with E-state index in [2.05, 4.69) is 15.4 Å². The van der Waals surface area contributed by atoms with Crippen LogP contribution in [0.3, 0.4) is 0 Å². The molecule has 0 aromatic heterocycles. The van der Waals surface area contributed by atoms with E-state index < -0.39 is 23.5 Å². The molecule has 2 N–H and O–H groups in total. The zero-order valence-corrected chi connectivity index (χ0v) is 20.5. The molecule has 0 spiro atoms. The summed E-state index contributed by atoms with van der Waals surface area (Å²) in [4.78, 5) is 50.1. The molecule has 0 atom stereocenters. The van der Waals surface area contributed by atoms with Crippen LogP contribution >= 0.6 is 0 Å². The molecular formula is C26H32N2O7. The van der Waals surface area contributed by atoms with Crippen molar-refractivity contribution < 1.29 is 33.4 Å². The van der Waals surface area contributed by atoms with Gasteiger partial charge in [-0.25, -0.2) is 9.59 Å². The Morgan fingerprint density at radius 1 is 0.657 bits per heavy atom. The third-order valence-electron chi connectivity index (χ3n) is 4.64. The van der Waals surface area contributed by atoms with E-state index in [1.807, 2.05) is 27.7 Å². The zero-order chi connectivity index (χ0) is 25.8. The first-order chi connectivity index (χ1) is 16.7. The molecule has 0 aliphatic rings. The molecule has 0 saturated carbocycles. The number of ether oxygens (including phenoxy) is 3. The lowest BCUT2D eigenvalue weighted by Gasteiger charge is -2.13. The third-order valence-corrected chi connectivity index (χ3v) is 4.64. The first-order valence-corrected chi connectivity index (χ1v) is 11.4. The minimum Gasteiger partial charge on any atom is -0.382 e. The second kappa shape index (κ2) is 14.0. The molecule has 0 unspecified atom stereocenters. The first-order valence-electron chi connectivity index (χ1n) is 11.4. The van der Waals surface area contributed by atoms with Crippen LogP contribution in [0.2, 0.25) is 0 Å². The summed E-state index contributed by atoms with van der Waals surface area (Å²) < 4.78 is 15.5. The molecule has 0 amide bonds. The summed E-state index contributed by atoms with van der Waals surface area (Å²) in [7, 11) is 0. The predicted octanol–water partition coefficient (Wildman–Crippen LogP) is 3.50. The van der Waals surface area contributed by atoms with Crippen LogP contribution in [-0.4, -0.2) is 62.0 Å².